The van der Waals surface area contributed by atoms with E-state index in [1.165, 1.54) is 0 Å². The van der Waals surface area contributed by atoms with E-state index < -0.39 is 5.91 Å². The van der Waals surface area contributed by atoms with Gasteiger partial charge in [0.15, 0.2) is 0 Å². The summed E-state index contributed by atoms with van der Waals surface area (Å²) in [6.07, 6.45) is 1.79. The van der Waals surface area contributed by atoms with E-state index >= 15 is 0 Å². The molecule has 88 valence electrons. The minimum absolute atomic E-state index is 0.402. The maximum Gasteiger partial charge on any atom is 0.250 e. The predicted molar refractivity (Wildman–Crippen MR) is 71.8 cm³/mol. The molecule has 1 aromatic heterocycles. The van der Waals surface area contributed by atoms with Crippen LogP contribution in [0.25, 0.3) is 16.6 Å². The first kappa shape index (κ1) is 10.6. The topological polar surface area (TPSA) is 48.0 Å². The summed E-state index contributed by atoms with van der Waals surface area (Å²) in [7, 11) is 0. The molecular weight excluding hydrogens is 224 g/mol. The highest BCUT2D eigenvalue weighted by Crippen LogP contribution is 2.24. The zero-order valence-corrected chi connectivity index (χ0v) is 9.71. The van der Waals surface area contributed by atoms with Gasteiger partial charge in [0.2, 0.25) is 0 Å². The predicted octanol–water partition coefficient (Wildman–Crippen LogP) is 2.73. The number of carbonyl (C=O) groups is 1. The fourth-order valence-electron chi connectivity index (χ4n) is 2.18. The van der Waals surface area contributed by atoms with E-state index in [-0.39, 0.29) is 0 Å². The highest BCUT2D eigenvalue weighted by atomic mass is 16.1. The van der Waals surface area contributed by atoms with Crippen LogP contribution in [-0.4, -0.2) is 10.5 Å². The first-order chi connectivity index (χ1) is 8.77. The maximum atomic E-state index is 11.5. The molecule has 2 N–H and O–H groups in total. The van der Waals surface area contributed by atoms with Crippen LogP contribution in [0.3, 0.4) is 0 Å². The normalized spacial score (nSPS) is 10.7. The van der Waals surface area contributed by atoms with Crippen molar-refractivity contribution in [2.45, 2.75) is 0 Å². The molecule has 0 aliphatic heterocycles. The molecule has 2 aromatic carbocycles. The number of fused-ring (bicyclic) bond motifs is 1. The van der Waals surface area contributed by atoms with Gasteiger partial charge in [-0.1, -0.05) is 36.4 Å². The molecule has 0 spiro atoms. The Morgan fingerprint density at radius 1 is 0.944 bits per heavy atom. The molecule has 0 aliphatic carbocycles. The van der Waals surface area contributed by atoms with Crippen molar-refractivity contribution < 1.29 is 4.79 Å². The first-order valence-electron chi connectivity index (χ1n) is 5.72. The molecule has 1 heterocycles. The van der Waals surface area contributed by atoms with Crippen LogP contribution in [-0.2, 0) is 0 Å². The van der Waals surface area contributed by atoms with Gasteiger partial charge >= 0.3 is 0 Å². The Morgan fingerprint density at radius 2 is 1.61 bits per heavy atom. The third kappa shape index (κ3) is 1.57. The zero-order valence-electron chi connectivity index (χ0n) is 9.71. The summed E-state index contributed by atoms with van der Waals surface area (Å²) >= 11 is 0. The fourth-order valence-corrected chi connectivity index (χ4v) is 2.18. The van der Waals surface area contributed by atoms with Crippen molar-refractivity contribution in [2.24, 2.45) is 5.73 Å². The van der Waals surface area contributed by atoms with Gasteiger partial charge < -0.3 is 10.3 Å². The van der Waals surface area contributed by atoms with E-state index in [4.69, 9.17) is 5.73 Å². The molecule has 0 radical (unpaired) electrons. The van der Waals surface area contributed by atoms with E-state index in [2.05, 4.69) is 0 Å². The Balaban J connectivity index is 2.34. The number of aromatic nitrogens is 1. The van der Waals surface area contributed by atoms with E-state index in [0.29, 0.717) is 5.56 Å². The third-order valence-corrected chi connectivity index (χ3v) is 3.01. The van der Waals surface area contributed by atoms with Gasteiger partial charge in [-0.2, -0.15) is 0 Å². The number of para-hydroxylation sites is 2. The number of carbonyl (C=O) groups excluding carboxylic acids is 1. The van der Waals surface area contributed by atoms with Gasteiger partial charge in [-0.25, -0.2) is 0 Å². The zero-order chi connectivity index (χ0) is 12.5. The maximum absolute atomic E-state index is 11.5. The number of rotatable bonds is 2. The Morgan fingerprint density at radius 3 is 2.33 bits per heavy atom. The average Bonchev–Trinajstić information content (AvgIpc) is 2.79. The quantitative estimate of drug-likeness (QED) is 0.730. The van der Waals surface area contributed by atoms with E-state index in [1.54, 1.807) is 6.20 Å². The molecule has 0 atom stereocenters. The molecule has 0 fully saturated rings. The molecule has 18 heavy (non-hydrogen) atoms. The van der Waals surface area contributed by atoms with Gasteiger partial charge in [0.05, 0.1) is 11.1 Å². The second-order valence-corrected chi connectivity index (χ2v) is 4.13. The summed E-state index contributed by atoms with van der Waals surface area (Å²) in [5, 5.41) is 0.883. The van der Waals surface area contributed by atoms with Crippen LogP contribution < -0.4 is 5.73 Å². The highest BCUT2D eigenvalue weighted by molar-refractivity contribution is 6.06. The minimum Gasteiger partial charge on any atom is -0.366 e. The molecule has 3 nitrogen and oxygen atoms in total. The van der Waals surface area contributed by atoms with Crippen LogP contribution in [0.1, 0.15) is 10.4 Å². The summed E-state index contributed by atoms with van der Waals surface area (Å²) in [6.45, 7) is 0. The Labute approximate surface area is 104 Å². The van der Waals surface area contributed by atoms with Crippen molar-refractivity contribution in [3.05, 3.63) is 66.4 Å². The molecular formula is C15H12N2O. The summed E-state index contributed by atoms with van der Waals surface area (Å²) in [5.41, 5.74) is 7.97. The van der Waals surface area contributed by atoms with Crippen LogP contribution in [0.4, 0.5) is 0 Å². The lowest BCUT2D eigenvalue weighted by molar-refractivity contribution is 0.100. The number of nitrogens with zero attached hydrogens (tertiary/aromatic N) is 1. The van der Waals surface area contributed by atoms with Crippen LogP contribution in [0.5, 0.6) is 0 Å². The molecule has 0 aliphatic rings. The molecule has 0 bridgehead atoms. The van der Waals surface area contributed by atoms with E-state index in [9.17, 15) is 4.79 Å². The average molecular weight is 236 g/mol. The second-order valence-electron chi connectivity index (χ2n) is 4.13. The van der Waals surface area contributed by atoms with Crippen molar-refractivity contribution in [1.29, 1.82) is 0 Å². The van der Waals surface area contributed by atoms with Crippen LogP contribution >= 0.6 is 0 Å². The van der Waals surface area contributed by atoms with Gasteiger partial charge in [0, 0.05) is 17.3 Å². The van der Waals surface area contributed by atoms with Gasteiger partial charge in [0.25, 0.3) is 5.91 Å². The number of primary amides is 1. The molecule has 1 amide bonds. The summed E-state index contributed by atoms with van der Waals surface area (Å²) in [6, 6.07) is 17.6. The Bertz CT molecular complexity index is 714. The molecule has 3 heteroatoms. The largest absolute Gasteiger partial charge is 0.366 e. The monoisotopic (exact) mass is 236 g/mol. The highest BCUT2D eigenvalue weighted by Gasteiger charge is 2.12. The van der Waals surface area contributed by atoms with E-state index in [0.717, 1.165) is 16.6 Å². The van der Waals surface area contributed by atoms with E-state index in [1.807, 2.05) is 59.2 Å². The third-order valence-electron chi connectivity index (χ3n) is 3.01. The Kier molecular flexibility index (Phi) is 2.38. The van der Waals surface area contributed by atoms with Gasteiger partial charge in [-0.3, -0.25) is 4.79 Å². The number of amides is 1. The summed E-state index contributed by atoms with van der Waals surface area (Å²) < 4.78 is 1.98. The second kappa shape index (κ2) is 4.04. The Hall–Kier alpha value is -2.55. The summed E-state index contributed by atoms with van der Waals surface area (Å²) in [5.74, 6) is -0.402. The SMILES string of the molecule is NC(=O)c1cn(-c2ccccc2)c2ccccc12. The lowest BCUT2D eigenvalue weighted by atomic mass is 10.2. The number of benzene rings is 2. The van der Waals surface area contributed by atoms with Crippen LogP contribution in [0.15, 0.2) is 60.8 Å². The van der Waals surface area contributed by atoms with Crippen LogP contribution in [0.2, 0.25) is 0 Å². The minimum atomic E-state index is -0.402. The molecule has 0 saturated heterocycles. The lowest BCUT2D eigenvalue weighted by Gasteiger charge is -2.04. The van der Waals surface area contributed by atoms with Gasteiger partial charge in [-0.05, 0) is 18.2 Å². The smallest absolute Gasteiger partial charge is 0.250 e. The van der Waals surface area contributed by atoms with Crippen LogP contribution in [0, 0.1) is 0 Å². The van der Waals surface area contributed by atoms with Crippen molar-refractivity contribution >= 4 is 16.8 Å². The molecule has 0 saturated carbocycles. The summed E-state index contributed by atoms with van der Waals surface area (Å²) in [4.78, 5) is 11.5. The fraction of sp³-hybridized carbons (Fsp3) is 0. The van der Waals surface area contributed by atoms with Crippen molar-refractivity contribution in [1.82, 2.24) is 4.57 Å². The first-order valence-corrected chi connectivity index (χ1v) is 5.72. The van der Waals surface area contributed by atoms with Gasteiger partial charge in [-0.15, -0.1) is 0 Å². The van der Waals surface area contributed by atoms with Crippen molar-refractivity contribution in [3.63, 3.8) is 0 Å². The number of hydrogen-bond acceptors (Lipinski definition) is 1. The molecule has 0 unspecified atom stereocenters. The van der Waals surface area contributed by atoms with Crippen molar-refractivity contribution in [2.75, 3.05) is 0 Å². The van der Waals surface area contributed by atoms with Crippen molar-refractivity contribution in [3.8, 4) is 5.69 Å². The molecule has 3 rings (SSSR count). The number of hydrogen-bond donors (Lipinski definition) is 1. The lowest BCUT2D eigenvalue weighted by Crippen LogP contribution is -2.10. The molecule has 3 aromatic rings. The number of nitrogens with two attached hydrogens (primary N) is 1. The van der Waals surface area contributed by atoms with Gasteiger partial charge in [0.1, 0.15) is 0 Å². The standard InChI is InChI=1S/C15H12N2O/c16-15(18)13-10-17(11-6-2-1-3-7-11)14-9-5-4-8-12(13)14/h1-10H,(H2,16,18).